The number of ether oxygens (including phenoxy) is 1. The first-order valence-electron chi connectivity index (χ1n) is 6.88. The lowest BCUT2D eigenvalue weighted by molar-refractivity contribution is -0.384. The molecule has 0 fully saturated rings. The molecule has 1 atom stereocenters. The summed E-state index contributed by atoms with van der Waals surface area (Å²) in [4.78, 5) is 22.1. The molecule has 1 aliphatic rings. The highest BCUT2D eigenvalue weighted by Crippen LogP contribution is 2.38. The zero-order valence-corrected chi connectivity index (χ0v) is 12.3. The summed E-state index contributed by atoms with van der Waals surface area (Å²) in [5, 5.41) is 17.0. The van der Waals surface area contributed by atoms with Gasteiger partial charge in [0.25, 0.3) is 11.6 Å². The molecule has 0 aromatic heterocycles. The average molecular weight is 293 g/mol. The molecule has 0 saturated heterocycles. The largest absolute Gasteiger partial charge is 0.481 e. The maximum atomic E-state index is 11.3. The first-order valence-corrected chi connectivity index (χ1v) is 6.88. The number of nitro groups is 1. The average Bonchev–Trinajstić information content (AvgIpc) is 2.36. The number of hydrogen-bond acceptors (Lipinski definition) is 5. The number of carbonyl (C=O) groups is 1. The van der Waals surface area contributed by atoms with Crippen molar-refractivity contribution in [1.82, 2.24) is 0 Å². The molecule has 7 heteroatoms. The Morgan fingerprint density at radius 2 is 2.14 bits per heavy atom. The van der Waals surface area contributed by atoms with Crippen molar-refractivity contribution < 1.29 is 14.5 Å². The molecule has 7 nitrogen and oxygen atoms in total. The molecule has 2 rings (SSSR count). The van der Waals surface area contributed by atoms with Crippen molar-refractivity contribution in [1.29, 1.82) is 0 Å². The smallest absolute Gasteiger partial charge is 0.296 e. The molecule has 0 bridgehead atoms. The van der Waals surface area contributed by atoms with Crippen molar-refractivity contribution in [2.24, 2.45) is 5.92 Å². The summed E-state index contributed by atoms with van der Waals surface area (Å²) in [7, 11) is 0. The van der Waals surface area contributed by atoms with Gasteiger partial charge < -0.3 is 15.4 Å². The molecule has 0 radical (unpaired) electrons. The molecule has 1 aromatic carbocycles. The van der Waals surface area contributed by atoms with E-state index in [1.807, 2.05) is 6.92 Å². The van der Waals surface area contributed by atoms with Gasteiger partial charge in [-0.15, -0.1) is 0 Å². The minimum Gasteiger partial charge on any atom is -0.481 e. The molecule has 1 aromatic rings. The Morgan fingerprint density at radius 3 is 2.76 bits per heavy atom. The number of amides is 1. The Kier molecular flexibility index (Phi) is 4.30. The predicted octanol–water partition coefficient (Wildman–Crippen LogP) is 2.77. The predicted molar refractivity (Wildman–Crippen MR) is 79.8 cm³/mol. The Hall–Kier alpha value is -2.31. The normalized spacial score (nSPS) is 15.0. The van der Waals surface area contributed by atoms with Crippen molar-refractivity contribution in [2.75, 3.05) is 17.2 Å². The summed E-state index contributed by atoms with van der Waals surface area (Å²) in [6.07, 6.45) is 0.886. The van der Waals surface area contributed by atoms with E-state index in [1.54, 1.807) is 6.07 Å². The maximum Gasteiger partial charge on any atom is 0.296 e. The van der Waals surface area contributed by atoms with Gasteiger partial charge in [-0.2, -0.15) is 0 Å². The van der Waals surface area contributed by atoms with Crippen LogP contribution >= 0.6 is 0 Å². The van der Waals surface area contributed by atoms with Crippen LogP contribution in [0, 0.1) is 16.0 Å². The van der Waals surface area contributed by atoms with E-state index in [1.165, 1.54) is 6.07 Å². The van der Waals surface area contributed by atoms with E-state index < -0.39 is 4.92 Å². The first-order chi connectivity index (χ1) is 9.86. The Balaban J connectivity index is 2.32. The number of nitrogens with zero attached hydrogens (tertiary/aromatic N) is 1. The van der Waals surface area contributed by atoms with Gasteiger partial charge in [-0.25, -0.2) is 0 Å². The number of carbonyl (C=O) groups excluding carboxylic acids is 1. The molecule has 114 valence electrons. The monoisotopic (exact) mass is 293 g/mol. The van der Waals surface area contributed by atoms with Crippen LogP contribution in [0.2, 0.25) is 0 Å². The van der Waals surface area contributed by atoms with Crippen LogP contribution in [0.4, 0.5) is 17.1 Å². The molecule has 1 unspecified atom stereocenters. The van der Waals surface area contributed by atoms with Crippen LogP contribution in [-0.2, 0) is 4.79 Å². The van der Waals surface area contributed by atoms with E-state index in [-0.39, 0.29) is 24.2 Å². The second kappa shape index (κ2) is 5.99. The second-order valence-corrected chi connectivity index (χ2v) is 5.63. The molecule has 21 heavy (non-hydrogen) atoms. The van der Waals surface area contributed by atoms with Crippen LogP contribution in [0.3, 0.4) is 0 Å². The van der Waals surface area contributed by atoms with Crippen LogP contribution in [0.5, 0.6) is 5.75 Å². The number of fused-ring (bicyclic) bond motifs is 1. The second-order valence-electron chi connectivity index (χ2n) is 5.63. The van der Waals surface area contributed by atoms with E-state index in [4.69, 9.17) is 4.74 Å². The van der Waals surface area contributed by atoms with Crippen molar-refractivity contribution in [3.8, 4) is 5.75 Å². The van der Waals surface area contributed by atoms with Crippen LogP contribution in [-0.4, -0.2) is 23.5 Å². The number of anilines is 2. The van der Waals surface area contributed by atoms with Gasteiger partial charge in [-0.3, -0.25) is 14.9 Å². The number of hydrogen-bond donors (Lipinski definition) is 2. The minimum atomic E-state index is -0.454. The van der Waals surface area contributed by atoms with Gasteiger partial charge in [0, 0.05) is 6.04 Å². The van der Waals surface area contributed by atoms with E-state index in [2.05, 4.69) is 24.5 Å². The fraction of sp³-hybridized carbons (Fsp3) is 0.500. The van der Waals surface area contributed by atoms with Crippen LogP contribution in [0.15, 0.2) is 12.1 Å². The SMILES string of the molecule is CC(C)CC(C)Nc1cc2c(cc1[N+](=O)[O-])OCC(=O)N2. The van der Waals surface area contributed by atoms with Gasteiger partial charge in [0.1, 0.15) is 5.69 Å². The van der Waals surface area contributed by atoms with Gasteiger partial charge >= 0.3 is 0 Å². The first kappa shape index (κ1) is 15.1. The highest BCUT2D eigenvalue weighted by molar-refractivity contribution is 5.96. The highest BCUT2D eigenvalue weighted by atomic mass is 16.6. The summed E-state index contributed by atoms with van der Waals surface area (Å²) in [5.74, 6) is 0.535. The molecular weight excluding hydrogens is 274 g/mol. The Labute approximate surface area is 122 Å². The molecule has 0 saturated carbocycles. The summed E-state index contributed by atoms with van der Waals surface area (Å²) in [6.45, 7) is 6.03. The molecule has 1 aliphatic heterocycles. The lowest BCUT2D eigenvalue weighted by atomic mass is 10.0. The van der Waals surface area contributed by atoms with Gasteiger partial charge in [0.05, 0.1) is 16.7 Å². The van der Waals surface area contributed by atoms with Crippen molar-refractivity contribution >= 4 is 23.0 Å². The zero-order valence-electron chi connectivity index (χ0n) is 12.3. The van der Waals surface area contributed by atoms with Gasteiger partial charge in [0.15, 0.2) is 12.4 Å². The topological polar surface area (TPSA) is 93.5 Å². The molecule has 1 heterocycles. The quantitative estimate of drug-likeness (QED) is 0.643. The molecule has 0 aliphatic carbocycles. The van der Waals surface area contributed by atoms with Gasteiger partial charge in [-0.1, -0.05) is 13.8 Å². The summed E-state index contributed by atoms with van der Waals surface area (Å²) in [6, 6.07) is 2.99. The fourth-order valence-electron chi connectivity index (χ4n) is 2.41. The number of rotatable bonds is 5. The van der Waals surface area contributed by atoms with Crippen molar-refractivity contribution in [2.45, 2.75) is 33.2 Å². The van der Waals surface area contributed by atoms with Crippen LogP contribution < -0.4 is 15.4 Å². The number of nitrogens with one attached hydrogen (secondary N) is 2. The summed E-state index contributed by atoms with van der Waals surface area (Å²) >= 11 is 0. The third-order valence-corrected chi connectivity index (χ3v) is 3.15. The fourth-order valence-corrected chi connectivity index (χ4v) is 2.41. The lowest BCUT2D eigenvalue weighted by Crippen LogP contribution is -2.26. The number of nitro benzene ring substituents is 1. The van der Waals surface area contributed by atoms with Crippen LogP contribution in [0.25, 0.3) is 0 Å². The Bertz CT molecular complexity index is 572. The zero-order chi connectivity index (χ0) is 15.6. The van der Waals surface area contributed by atoms with E-state index in [0.29, 0.717) is 23.0 Å². The van der Waals surface area contributed by atoms with Gasteiger partial charge in [-0.05, 0) is 25.3 Å². The number of benzene rings is 1. The molecule has 0 spiro atoms. The van der Waals surface area contributed by atoms with Crippen molar-refractivity contribution in [3.63, 3.8) is 0 Å². The minimum absolute atomic E-state index is 0.0551. The molecule has 1 amide bonds. The third-order valence-electron chi connectivity index (χ3n) is 3.15. The maximum absolute atomic E-state index is 11.3. The van der Waals surface area contributed by atoms with E-state index in [0.717, 1.165) is 6.42 Å². The Morgan fingerprint density at radius 1 is 1.43 bits per heavy atom. The third kappa shape index (κ3) is 3.62. The van der Waals surface area contributed by atoms with Gasteiger partial charge in [0.2, 0.25) is 0 Å². The lowest BCUT2D eigenvalue weighted by Gasteiger charge is -2.21. The van der Waals surface area contributed by atoms with Crippen molar-refractivity contribution in [3.05, 3.63) is 22.2 Å². The van der Waals surface area contributed by atoms with E-state index >= 15 is 0 Å². The summed E-state index contributed by atoms with van der Waals surface area (Å²) < 4.78 is 5.21. The van der Waals surface area contributed by atoms with E-state index in [9.17, 15) is 14.9 Å². The standard InChI is InChI=1S/C14H19N3O4/c1-8(2)4-9(3)15-10-5-11-13(6-12(10)17(19)20)21-7-14(18)16-11/h5-6,8-9,15H,4,7H2,1-3H3,(H,16,18). The van der Waals surface area contributed by atoms with Crippen LogP contribution in [0.1, 0.15) is 27.2 Å². The molecular formula is C14H19N3O4. The summed E-state index contributed by atoms with van der Waals surface area (Å²) in [5.41, 5.74) is 0.786. The highest BCUT2D eigenvalue weighted by Gasteiger charge is 2.24. The molecule has 2 N–H and O–H groups in total.